The fraction of sp³-hybridized carbons (Fsp3) is 0.667. The molecule has 0 bridgehead atoms. The zero-order chi connectivity index (χ0) is 13.7. The molecule has 4 rings (SSSR count). The van der Waals surface area contributed by atoms with E-state index in [-0.39, 0.29) is 11.8 Å². The number of nitrogens with two attached hydrogens (primary N) is 1. The Labute approximate surface area is 119 Å². The van der Waals surface area contributed by atoms with Crippen molar-refractivity contribution in [1.82, 2.24) is 15.1 Å². The first-order valence-electron chi connectivity index (χ1n) is 7.72. The summed E-state index contributed by atoms with van der Waals surface area (Å²) in [6.07, 6.45) is 10.6. The molecule has 108 valence electrons. The maximum Gasteiger partial charge on any atom is 0.222 e. The van der Waals surface area contributed by atoms with Gasteiger partial charge in [-0.1, -0.05) is 6.08 Å². The topological polar surface area (TPSA) is 61.6 Å². The van der Waals surface area contributed by atoms with Crippen LogP contribution < -0.4 is 11.1 Å². The van der Waals surface area contributed by atoms with Gasteiger partial charge in [-0.25, -0.2) is 0 Å². The molecule has 1 aliphatic carbocycles. The maximum atomic E-state index is 11.4. The minimum Gasteiger partial charge on any atom is -0.369 e. The van der Waals surface area contributed by atoms with Crippen LogP contribution in [-0.2, 0) is 4.79 Å². The normalized spacial score (nSPS) is 35.7. The average Bonchev–Trinajstić information content (AvgIpc) is 2.81. The molecular weight excluding hydrogens is 252 g/mol. The van der Waals surface area contributed by atoms with Crippen molar-refractivity contribution in [2.75, 3.05) is 13.1 Å². The molecule has 0 radical (unpaired) electrons. The monoisotopic (exact) mass is 274 g/mol. The van der Waals surface area contributed by atoms with Crippen LogP contribution in [-0.4, -0.2) is 41.0 Å². The smallest absolute Gasteiger partial charge is 0.222 e. The lowest BCUT2D eigenvalue weighted by Gasteiger charge is -2.43. The molecule has 3 heterocycles. The zero-order valence-electron chi connectivity index (χ0n) is 11.7. The molecule has 3 atom stereocenters. The fourth-order valence-electron chi connectivity index (χ4n) is 4.01. The first-order chi connectivity index (χ1) is 9.72. The Hall–Kier alpha value is -1.49. The predicted molar refractivity (Wildman–Crippen MR) is 76.1 cm³/mol. The van der Waals surface area contributed by atoms with Crippen molar-refractivity contribution in [1.29, 1.82) is 0 Å². The number of amides is 1. The molecule has 4 aliphatic rings. The molecule has 0 saturated carbocycles. The lowest BCUT2D eigenvalue weighted by atomic mass is 9.94. The summed E-state index contributed by atoms with van der Waals surface area (Å²) in [5.41, 5.74) is 8.30. The largest absolute Gasteiger partial charge is 0.369 e. The number of nitrogens with zero attached hydrogens (tertiary/aromatic N) is 2. The van der Waals surface area contributed by atoms with Gasteiger partial charge in [0.15, 0.2) is 0 Å². The van der Waals surface area contributed by atoms with Gasteiger partial charge in [-0.2, -0.15) is 0 Å². The van der Waals surface area contributed by atoms with Crippen LogP contribution in [0.25, 0.3) is 0 Å². The lowest BCUT2D eigenvalue weighted by molar-refractivity contribution is -0.123. The number of rotatable bonds is 1. The van der Waals surface area contributed by atoms with E-state index >= 15 is 0 Å². The maximum absolute atomic E-state index is 11.4. The molecule has 1 amide bonds. The highest BCUT2D eigenvalue weighted by Crippen LogP contribution is 2.36. The number of hydrogen-bond donors (Lipinski definition) is 2. The van der Waals surface area contributed by atoms with E-state index in [1.807, 2.05) is 0 Å². The number of allylic oxidation sites excluding steroid dienone is 2. The van der Waals surface area contributed by atoms with E-state index < -0.39 is 0 Å². The second-order valence-electron chi connectivity index (χ2n) is 6.37. The molecule has 3 N–H and O–H groups in total. The highest BCUT2D eigenvalue weighted by atomic mass is 16.1. The van der Waals surface area contributed by atoms with Crippen molar-refractivity contribution in [3.05, 3.63) is 23.7 Å². The van der Waals surface area contributed by atoms with Crippen LogP contribution in [0.4, 0.5) is 0 Å². The standard InChI is InChI=1S/C15H22N4O/c16-15(20)10-5-6-11-8-19-13-4-2-1-3-12(13)17-14(19)9-18(11)7-10/h4,8,10,12,14,17H,1-3,5-7,9H2,(H2,16,20). The van der Waals surface area contributed by atoms with E-state index in [4.69, 9.17) is 5.73 Å². The molecule has 0 aromatic carbocycles. The van der Waals surface area contributed by atoms with Crippen molar-refractivity contribution in [2.24, 2.45) is 11.7 Å². The van der Waals surface area contributed by atoms with Gasteiger partial charge < -0.3 is 15.5 Å². The van der Waals surface area contributed by atoms with Crippen LogP contribution in [0, 0.1) is 5.92 Å². The van der Waals surface area contributed by atoms with E-state index in [2.05, 4.69) is 27.4 Å². The van der Waals surface area contributed by atoms with Gasteiger partial charge in [0.2, 0.25) is 5.91 Å². The van der Waals surface area contributed by atoms with E-state index in [9.17, 15) is 4.79 Å². The van der Waals surface area contributed by atoms with Crippen molar-refractivity contribution in [2.45, 2.75) is 44.3 Å². The third-order valence-electron chi connectivity index (χ3n) is 5.11. The van der Waals surface area contributed by atoms with Gasteiger partial charge in [0.05, 0.1) is 12.5 Å². The molecular formula is C15H22N4O. The number of carbonyl (C=O) groups excluding carboxylic acids is 1. The minimum absolute atomic E-state index is 0.0154. The van der Waals surface area contributed by atoms with E-state index in [0.29, 0.717) is 12.2 Å². The summed E-state index contributed by atoms with van der Waals surface area (Å²) in [4.78, 5) is 16.2. The number of piperidine rings is 1. The second-order valence-corrected chi connectivity index (χ2v) is 6.37. The van der Waals surface area contributed by atoms with Crippen LogP contribution in [0.3, 0.4) is 0 Å². The van der Waals surface area contributed by atoms with Gasteiger partial charge >= 0.3 is 0 Å². The van der Waals surface area contributed by atoms with Crippen LogP contribution in [0.15, 0.2) is 23.7 Å². The molecule has 5 heteroatoms. The van der Waals surface area contributed by atoms with E-state index in [1.165, 1.54) is 30.7 Å². The van der Waals surface area contributed by atoms with Crippen LogP contribution in [0.2, 0.25) is 0 Å². The van der Waals surface area contributed by atoms with Gasteiger partial charge in [0.25, 0.3) is 0 Å². The average molecular weight is 274 g/mol. The van der Waals surface area contributed by atoms with E-state index in [0.717, 1.165) is 25.9 Å². The Balaban J connectivity index is 1.58. The number of fused-ring (bicyclic) bond motifs is 4. The Morgan fingerprint density at radius 3 is 3.10 bits per heavy atom. The van der Waals surface area contributed by atoms with Gasteiger partial charge in [-0.15, -0.1) is 0 Å². The van der Waals surface area contributed by atoms with Crippen molar-refractivity contribution >= 4 is 5.91 Å². The SMILES string of the molecule is NC(=O)C1CCC2=CN3C4=CCCCC4NC3CN2C1. The Morgan fingerprint density at radius 2 is 2.25 bits per heavy atom. The number of carbonyl (C=O) groups is 1. The van der Waals surface area contributed by atoms with Crippen molar-refractivity contribution < 1.29 is 4.79 Å². The summed E-state index contributed by atoms with van der Waals surface area (Å²) in [6.45, 7) is 1.75. The third-order valence-corrected chi connectivity index (χ3v) is 5.11. The predicted octanol–water partition coefficient (Wildman–Crippen LogP) is 0.706. The summed E-state index contributed by atoms with van der Waals surface area (Å²) in [5.74, 6) is -0.135. The molecule has 0 aromatic rings. The summed E-state index contributed by atoms with van der Waals surface area (Å²) in [7, 11) is 0. The van der Waals surface area contributed by atoms with Gasteiger partial charge in [0.1, 0.15) is 6.17 Å². The number of primary amides is 1. The quantitative estimate of drug-likeness (QED) is 0.739. The fourth-order valence-corrected chi connectivity index (χ4v) is 4.01. The summed E-state index contributed by atoms with van der Waals surface area (Å²) < 4.78 is 0. The molecule has 0 spiro atoms. The third kappa shape index (κ3) is 1.84. The highest BCUT2D eigenvalue weighted by molar-refractivity contribution is 5.77. The first-order valence-corrected chi connectivity index (χ1v) is 7.72. The molecule has 3 aliphatic heterocycles. The Morgan fingerprint density at radius 1 is 1.35 bits per heavy atom. The molecule has 20 heavy (non-hydrogen) atoms. The summed E-state index contributed by atoms with van der Waals surface area (Å²) in [5, 5.41) is 3.73. The van der Waals surface area contributed by atoms with Crippen LogP contribution in [0.1, 0.15) is 32.1 Å². The molecule has 2 fully saturated rings. The molecule has 3 unspecified atom stereocenters. The van der Waals surface area contributed by atoms with Crippen LogP contribution >= 0.6 is 0 Å². The molecule has 2 saturated heterocycles. The molecule has 5 nitrogen and oxygen atoms in total. The Bertz CT molecular complexity index is 498. The van der Waals surface area contributed by atoms with Crippen LogP contribution in [0.5, 0.6) is 0 Å². The second kappa shape index (κ2) is 4.52. The lowest BCUT2D eigenvalue weighted by Crippen LogP contribution is -2.51. The van der Waals surface area contributed by atoms with Gasteiger partial charge in [-0.3, -0.25) is 10.1 Å². The van der Waals surface area contributed by atoms with Crippen molar-refractivity contribution in [3.8, 4) is 0 Å². The first kappa shape index (κ1) is 12.3. The van der Waals surface area contributed by atoms with Gasteiger partial charge in [0, 0.05) is 30.2 Å². The van der Waals surface area contributed by atoms with Crippen molar-refractivity contribution in [3.63, 3.8) is 0 Å². The zero-order valence-corrected chi connectivity index (χ0v) is 11.7. The van der Waals surface area contributed by atoms with E-state index in [1.54, 1.807) is 0 Å². The van der Waals surface area contributed by atoms with Gasteiger partial charge in [-0.05, 0) is 32.1 Å². The molecule has 0 aromatic heterocycles. The summed E-state index contributed by atoms with van der Waals surface area (Å²) >= 11 is 0. The number of hydrogen-bond acceptors (Lipinski definition) is 4. The minimum atomic E-state index is -0.151. The Kier molecular flexibility index (Phi) is 2.77. The summed E-state index contributed by atoms with van der Waals surface area (Å²) in [6, 6.07) is 0.527. The number of nitrogens with one attached hydrogen (secondary N) is 1. The highest BCUT2D eigenvalue weighted by Gasteiger charge is 2.41.